The van der Waals surface area contributed by atoms with E-state index >= 15 is 13.6 Å². The van der Waals surface area contributed by atoms with Gasteiger partial charge in [-0.3, -0.25) is 28.1 Å². The van der Waals surface area contributed by atoms with Crippen LogP contribution in [0.2, 0.25) is 0 Å². The van der Waals surface area contributed by atoms with Gasteiger partial charge in [0.2, 0.25) is 0 Å². The first-order valence-electron chi connectivity index (χ1n) is 23.3. The van der Waals surface area contributed by atoms with Gasteiger partial charge in [-0.05, 0) is 144 Å². The summed E-state index contributed by atoms with van der Waals surface area (Å²) in [6.07, 6.45) is 10.9. The van der Waals surface area contributed by atoms with Gasteiger partial charge in [0.05, 0.1) is 45.8 Å². The van der Waals surface area contributed by atoms with Crippen LogP contribution < -0.4 is 11.4 Å². The molecule has 0 radical (unpaired) electrons. The highest BCUT2D eigenvalue weighted by molar-refractivity contribution is 6.00. The number of carbonyl (C=O) groups excluding carboxylic acids is 1. The molecule has 2 atom stereocenters. The van der Waals surface area contributed by atoms with E-state index in [9.17, 15) is 9.59 Å². The van der Waals surface area contributed by atoms with Crippen molar-refractivity contribution in [2.45, 2.75) is 107 Å². The normalized spacial score (nSPS) is 21.4. The molecular formula is C50H48F2N10O5. The Hall–Kier alpha value is -6.88. The number of nitrogens with zero attached hydrogens (tertiary/aromatic N) is 9. The Balaban J connectivity index is 0.976. The number of amides is 1. The lowest BCUT2D eigenvalue weighted by molar-refractivity contribution is -0.0592. The van der Waals surface area contributed by atoms with Gasteiger partial charge in [0.25, 0.3) is 5.91 Å². The SMILES string of the molecule is C[C@H]1c2c(nn(-c3ccc(F)c(C4CC4)c3)c2-n2ccn(-c3ccc4c(cnn4C)c3F)c2=O)C2(CC2)CN1C(=O)c1cc2cc([C@H]3CCOC(C)(C)C3)ccc2n1C1(c2noc(=O)[nH]2)CC1. The maximum Gasteiger partial charge on any atom is 0.438 e. The Labute approximate surface area is 381 Å². The van der Waals surface area contributed by atoms with Crippen molar-refractivity contribution in [1.29, 1.82) is 0 Å². The second kappa shape index (κ2) is 13.8. The van der Waals surface area contributed by atoms with E-state index in [4.69, 9.17) is 14.4 Å². The molecule has 4 fully saturated rings. The van der Waals surface area contributed by atoms with Gasteiger partial charge in [-0.2, -0.15) is 10.2 Å². The van der Waals surface area contributed by atoms with E-state index < -0.39 is 34.3 Å². The molecule has 0 unspecified atom stereocenters. The predicted octanol–water partition coefficient (Wildman–Crippen LogP) is 7.95. The molecule has 1 spiro atoms. The summed E-state index contributed by atoms with van der Waals surface area (Å²) >= 11 is 0. The summed E-state index contributed by atoms with van der Waals surface area (Å²) in [7, 11) is 1.73. The van der Waals surface area contributed by atoms with Crippen LogP contribution in [-0.2, 0) is 22.7 Å². The minimum atomic E-state index is -0.815. The largest absolute Gasteiger partial charge is 0.438 e. The molecule has 5 aromatic heterocycles. The van der Waals surface area contributed by atoms with Crippen LogP contribution in [0.15, 0.2) is 87.3 Å². The fraction of sp³-hybridized carbons (Fsp3) is 0.400. The van der Waals surface area contributed by atoms with Gasteiger partial charge in [-0.15, -0.1) is 0 Å². The Morgan fingerprint density at radius 1 is 0.910 bits per heavy atom. The zero-order valence-corrected chi connectivity index (χ0v) is 37.6. The molecule has 13 rings (SSSR count). The molecule has 7 heterocycles. The molecule has 5 aliphatic rings. The molecule has 17 heteroatoms. The van der Waals surface area contributed by atoms with Crippen molar-refractivity contribution < 1.29 is 22.8 Å². The van der Waals surface area contributed by atoms with E-state index in [1.807, 2.05) is 28.5 Å². The Morgan fingerprint density at radius 3 is 2.43 bits per heavy atom. The van der Waals surface area contributed by atoms with Crippen LogP contribution in [0, 0.1) is 11.6 Å². The number of aromatic amines is 1. The number of ether oxygens (including phenoxy) is 1. The van der Waals surface area contributed by atoms with Crippen molar-refractivity contribution in [3.05, 3.63) is 140 Å². The van der Waals surface area contributed by atoms with E-state index in [0.717, 1.165) is 55.1 Å². The number of aromatic nitrogens is 9. The molecule has 342 valence electrons. The summed E-state index contributed by atoms with van der Waals surface area (Å²) < 4.78 is 50.8. The Bertz CT molecular complexity index is 3520. The summed E-state index contributed by atoms with van der Waals surface area (Å²) in [6.45, 7) is 7.23. The molecule has 2 aliphatic heterocycles. The number of nitrogens with one attached hydrogen (secondary N) is 1. The van der Waals surface area contributed by atoms with Gasteiger partial charge in [0, 0.05) is 54.5 Å². The monoisotopic (exact) mass is 906 g/mol. The molecule has 8 aromatic rings. The number of benzene rings is 3. The standard InChI is InChI=1S/C50H48F2N10O5/c1-27-40-42(55-62(32-8-9-35(51)33(23-32)28-5-6-28)43(40)59-19-18-58(47(59)65)38-12-11-37-34(41(38)52)25-53-57(37)4)49(14-15-49)26-60(27)44(63)39-22-31-21-29(30-13-20-66-48(2,3)24-30)7-10-36(31)61(39)50(16-17-50)45-54-46(64)67-56-45/h7-12,18-19,21-23,25,27-28,30H,5-6,13-17,20,24,26H2,1-4H3,(H,54,56,64)/t27-,30-/m0/s1. The highest BCUT2D eigenvalue weighted by Gasteiger charge is 2.57. The Kier molecular flexibility index (Phi) is 8.35. The molecule has 3 aliphatic carbocycles. The van der Waals surface area contributed by atoms with E-state index in [2.05, 4.69) is 47.3 Å². The number of carbonyl (C=O) groups is 1. The number of halogens is 2. The zero-order valence-electron chi connectivity index (χ0n) is 37.6. The first-order chi connectivity index (χ1) is 32.2. The van der Waals surface area contributed by atoms with Gasteiger partial charge in [0.15, 0.2) is 11.6 Å². The first-order valence-corrected chi connectivity index (χ1v) is 23.3. The predicted molar refractivity (Wildman–Crippen MR) is 242 cm³/mol. The van der Waals surface area contributed by atoms with Crippen molar-refractivity contribution in [1.82, 2.24) is 48.3 Å². The van der Waals surface area contributed by atoms with Crippen molar-refractivity contribution in [2.75, 3.05) is 13.2 Å². The van der Waals surface area contributed by atoms with Gasteiger partial charge >= 0.3 is 11.4 Å². The molecular weight excluding hydrogens is 859 g/mol. The second-order valence-electron chi connectivity index (χ2n) is 20.2. The number of hydrogen-bond acceptors (Lipinski definition) is 8. The first kappa shape index (κ1) is 40.4. The summed E-state index contributed by atoms with van der Waals surface area (Å²) in [6, 6.07) is 16.0. The Morgan fingerprint density at radius 2 is 1.70 bits per heavy atom. The fourth-order valence-electron chi connectivity index (χ4n) is 11.4. The lowest BCUT2D eigenvalue weighted by Gasteiger charge is -2.38. The highest BCUT2D eigenvalue weighted by Crippen LogP contribution is 2.57. The van der Waals surface area contributed by atoms with Crippen LogP contribution in [0.4, 0.5) is 8.78 Å². The molecule has 1 N–H and O–H groups in total. The number of aryl methyl sites for hydroxylation is 1. The van der Waals surface area contributed by atoms with Crippen molar-refractivity contribution in [3.8, 4) is 17.2 Å². The van der Waals surface area contributed by atoms with Gasteiger partial charge < -0.3 is 14.2 Å². The number of fused-ring (bicyclic) bond motifs is 4. The summed E-state index contributed by atoms with van der Waals surface area (Å²) in [5.74, 6) is -0.629. The number of hydrogen-bond donors (Lipinski definition) is 1. The third-order valence-corrected chi connectivity index (χ3v) is 15.5. The van der Waals surface area contributed by atoms with Gasteiger partial charge in [-0.25, -0.2) is 23.1 Å². The van der Waals surface area contributed by atoms with E-state index in [0.29, 0.717) is 65.7 Å². The molecule has 67 heavy (non-hydrogen) atoms. The summed E-state index contributed by atoms with van der Waals surface area (Å²) in [5, 5.41) is 14.9. The quantitative estimate of drug-likeness (QED) is 0.161. The molecule has 1 amide bonds. The molecule has 15 nitrogen and oxygen atoms in total. The van der Waals surface area contributed by atoms with Crippen molar-refractivity contribution in [3.63, 3.8) is 0 Å². The second-order valence-corrected chi connectivity index (χ2v) is 20.2. The summed E-state index contributed by atoms with van der Waals surface area (Å²) in [5.41, 5.74) is 3.61. The maximum absolute atomic E-state index is 16.3. The topological polar surface area (TPSA) is 156 Å². The smallest absolute Gasteiger partial charge is 0.376 e. The van der Waals surface area contributed by atoms with Crippen LogP contribution in [0.3, 0.4) is 0 Å². The average Bonchev–Trinajstić information content (AvgIpc) is 4.26. The lowest BCUT2D eigenvalue weighted by Crippen LogP contribution is -2.45. The zero-order chi connectivity index (χ0) is 45.9. The van der Waals surface area contributed by atoms with E-state index in [1.165, 1.54) is 33.2 Å². The van der Waals surface area contributed by atoms with Gasteiger partial charge in [-0.1, -0.05) is 11.2 Å². The van der Waals surface area contributed by atoms with Crippen LogP contribution in [0.25, 0.3) is 39.0 Å². The maximum atomic E-state index is 16.3. The number of rotatable bonds is 8. The van der Waals surface area contributed by atoms with Crippen molar-refractivity contribution >= 4 is 27.7 Å². The molecule has 3 aromatic carbocycles. The third-order valence-electron chi connectivity index (χ3n) is 15.5. The molecule has 3 saturated carbocycles. The fourth-order valence-corrected chi connectivity index (χ4v) is 11.4. The summed E-state index contributed by atoms with van der Waals surface area (Å²) in [4.78, 5) is 47.8. The average molecular weight is 907 g/mol. The van der Waals surface area contributed by atoms with Crippen LogP contribution in [0.1, 0.15) is 129 Å². The number of H-pyrrole nitrogens is 1. The highest BCUT2D eigenvalue weighted by atomic mass is 19.1. The molecule has 1 saturated heterocycles. The third kappa shape index (κ3) is 6.01. The van der Waals surface area contributed by atoms with E-state index in [1.54, 1.807) is 40.8 Å². The van der Waals surface area contributed by atoms with E-state index in [-0.39, 0.29) is 40.2 Å². The van der Waals surface area contributed by atoms with Crippen molar-refractivity contribution in [2.24, 2.45) is 7.05 Å². The molecule has 0 bridgehead atoms. The van der Waals surface area contributed by atoms with Gasteiger partial charge in [0.1, 0.15) is 22.9 Å². The lowest BCUT2D eigenvalue weighted by atomic mass is 9.83. The minimum absolute atomic E-state index is 0.0597. The minimum Gasteiger partial charge on any atom is -0.376 e. The number of imidazole rings is 1. The van der Waals surface area contributed by atoms with Crippen LogP contribution >= 0.6 is 0 Å². The van der Waals surface area contributed by atoms with Crippen LogP contribution in [0.5, 0.6) is 0 Å². The van der Waals surface area contributed by atoms with Crippen LogP contribution in [-0.4, -0.2) is 73.0 Å².